The van der Waals surface area contributed by atoms with Gasteiger partial charge in [0, 0.05) is 12.5 Å². The third-order valence-electron chi connectivity index (χ3n) is 2.40. The Bertz CT molecular complexity index is 219. The van der Waals surface area contributed by atoms with E-state index in [-0.39, 0.29) is 0 Å². The highest BCUT2D eigenvalue weighted by Crippen LogP contribution is 2.51. The lowest BCUT2D eigenvalue weighted by atomic mass is 10.0. The van der Waals surface area contributed by atoms with E-state index in [1.165, 1.54) is 0 Å². The molecule has 0 bridgehead atoms. The van der Waals surface area contributed by atoms with Crippen LogP contribution in [-0.4, -0.2) is 17.3 Å². The molecule has 0 aromatic carbocycles. The van der Waals surface area contributed by atoms with Crippen LogP contribution in [0.3, 0.4) is 0 Å². The van der Waals surface area contributed by atoms with Crippen molar-refractivity contribution < 1.29 is 5.11 Å². The summed E-state index contributed by atoms with van der Waals surface area (Å²) in [4.78, 5) is 0. The molecule has 0 amide bonds. The average Bonchev–Trinajstić information content (AvgIpc) is 2.59. The van der Waals surface area contributed by atoms with Crippen LogP contribution >= 0.6 is 0 Å². The van der Waals surface area contributed by atoms with Crippen LogP contribution in [0.15, 0.2) is 23.8 Å². The lowest BCUT2D eigenvalue weighted by Crippen LogP contribution is -2.22. The number of fused-ring (bicyclic) bond motifs is 1. The molecule has 54 valence electrons. The lowest BCUT2D eigenvalue weighted by molar-refractivity contribution is 0.174. The lowest BCUT2D eigenvalue weighted by Gasteiger charge is -2.14. The first kappa shape index (κ1) is 6.13. The van der Waals surface area contributed by atoms with E-state index in [2.05, 4.69) is 0 Å². The van der Waals surface area contributed by atoms with E-state index in [0.29, 0.717) is 12.5 Å². The molecule has 3 N–H and O–H groups in total. The molecule has 2 aliphatic carbocycles. The van der Waals surface area contributed by atoms with Gasteiger partial charge in [0.2, 0.25) is 0 Å². The Morgan fingerprint density at radius 1 is 1.80 bits per heavy atom. The third kappa shape index (κ3) is 0.604. The minimum Gasteiger partial charge on any atom is -0.385 e. The van der Waals surface area contributed by atoms with Crippen molar-refractivity contribution in [3.8, 4) is 0 Å². The molecule has 0 heterocycles. The second kappa shape index (κ2) is 1.71. The van der Waals surface area contributed by atoms with Crippen LogP contribution in [0.1, 0.15) is 6.42 Å². The molecule has 2 heteroatoms. The van der Waals surface area contributed by atoms with Crippen molar-refractivity contribution >= 4 is 0 Å². The fraction of sp³-hybridized carbons (Fsp3) is 0.500. The number of aliphatic hydroxyl groups is 1. The predicted molar refractivity (Wildman–Crippen MR) is 39.3 cm³/mol. The zero-order chi connectivity index (χ0) is 7.19. The Morgan fingerprint density at radius 3 is 3.20 bits per heavy atom. The van der Waals surface area contributed by atoms with Gasteiger partial charge in [0.05, 0.1) is 5.60 Å². The van der Waals surface area contributed by atoms with Crippen LogP contribution in [0, 0.1) is 5.92 Å². The van der Waals surface area contributed by atoms with Gasteiger partial charge in [-0.05, 0) is 12.0 Å². The molecule has 0 aromatic heterocycles. The molecule has 2 nitrogen and oxygen atoms in total. The number of hydrogen-bond donors (Lipinski definition) is 2. The molecule has 1 fully saturated rings. The van der Waals surface area contributed by atoms with Gasteiger partial charge in [0.1, 0.15) is 0 Å². The standard InChI is InChI=1S/C8H11NO/c9-5-7-3-1-2-6-4-8(6,7)10/h1-3,6,10H,4-5,9H2. The summed E-state index contributed by atoms with van der Waals surface area (Å²) in [5, 5.41) is 9.71. The van der Waals surface area contributed by atoms with Gasteiger partial charge in [-0.1, -0.05) is 18.2 Å². The van der Waals surface area contributed by atoms with Crippen LogP contribution in [0.5, 0.6) is 0 Å². The largest absolute Gasteiger partial charge is 0.385 e. The van der Waals surface area contributed by atoms with Crippen molar-refractivity contribution in [1.29, 1.82) is 0 Å². The van der Waals surface area contributed by atoms with Gasteiger partial charge in [0.25, 0.3) is 0 Å². The summed E-state index contributed by atoms with van der Waals surface area (Å²) in [6.07, 6.45) is 6.81. The molecule has 2 aliphatic rings. The first-order chi connectivity index (χ1) is 4.77. The quantitative estimate of drug-likeness (QED) is 0.542. The maximum atomic E-state index is 9.71. The zero-order valence-electron chi connectivity index (χ0n) is 5.75. The number of allylic oxidation sites excluding steroid dienone is 2. The van der Waals surface area contributed by atoms with Gasteiger partial charge < -0.3 is 10.8 Å². The molecular weight excluding hydrogens is 126 g/mol. The summed E-state index contributed by atoms with van der Waals surface area (Å²) in [5.74, 6) is 0.357. The zero-order valence-corrected chi connectivity index (χ0v) is 5.75. The maximum absolute atomic E-state index is 9.71. The van der Waals surface area contributed by atoms with E-state index in [1.807, 2.05) is 18.2 Å². The molecule has 0 saturated heterocycles. The Labute approximate surface area is 60.0 Å². The molecule has 10 heavy (non-hydrogen) atoms. The molecule has 2 atom stereocenters. The minimum atomic E-state index is -0.538. The van der Waals surface area contributed by atoms with E-state index in [9.17, 15) is 5.11 Å². The molecule has 0 radical (unpaired) electrons. The molecular formula is C8H11NO. The van der Waals surface area contributed by atoms with Crippen LogP contribution in [-0.2, 0) is 0 Å². The monoisotopic (exact) mass is 137 g/mol. The van der Waals surface area contributed by atoms with Crippen molar-refractivity contribution in [2.45, 2.75) is 12.0 Å². The maximum Gasteiger partial charge on any atom is 0.0942 e. The molecule has 1 saturated carbocycles. The minimum absolute atomic E-state index is 0.357. The third-order valence-corrected chi connectivity index (χ3v) is 2.40. The van der Waals surface area contributed by atoms with Gasteiger partial charge in [-0.3, -0.25) is 0 Å². The molecule has 2 unspecified atom stereocenters. The normalized spacial score (nSPS) is 42.6. The fourth-order valence-electron chi connectivity index (χ4n) is 1.57. The van der Waals surface area contributed by atoms with E-state index in [0.717, 1.165) is 12.0 Å². The SMILES string of the molecule is NCC1=CC=CC2CC12O. The number of hydrogen-bond acceptors (Lipinski definition) is 2. The van der Waals surface area contributed by atoms with Gasteiger partial charge >= 0.3 is 0 Å². The van der Waals surface area contributed by atoms with Crippen LogP contribution in [0.25, 0.3) is 0 Å². The number of nitrogens with two attached hydrogens (primary N) is 1. The summed E-state index contributed by atoms with van der Waals surface area (Å²) in [5.41, 5.74) is 5.89. The summed E-state index contributed by atoms with van der Waals surface area (Å²) >= 11 is 0. The highest BCUT2D eigenvalue weighted by Gasteiger charge is 2.54. The van der Waals surface area contributed by atoms with Crippen LogP contribution < -0.4 is 5.73 Å². The summed E-state index contributed by atoms with van der Waals surface area (Å²) in [6.45, 7) is 0.483. The Kier molecular flexibility index (Phi) is 1.05. The van der Waals surface area contributed by atoms with E-state index < -0.39 is 5.60 Å². The van der Waals surface area contributed by atoms with Gasteiger partial charge in [-0.15, -0.1) is 0 Å². The predicted octanol–water partition coefficient (Wildman–Crippen LogP) is 0.192. The van der Waals surface area contributed by atoms with Gasteiger partial charge in [0.15, 0.2) is 0 Å². The van der Waals surface area contributed by atoms with Crippen molar-refractivity contribution in [3.05, 3.63) is 23.8 Å². The molecule has 0 aliphatic heterocycles. The first-order valence-corrected chi connectivity index (χ1v) is 3.57. The fourth-order valence-corrected chi connectivity index (χ4v) is 1.57. The highest BCUT2D eigenvalue weighted by atomic mass is 16.3. The summed E-state index contributed by atoms with van der Waals surface area (Å²) in [6, 6.07) is 0. The Hall–Kier alpha value is -0.600. The van der Waals surface area contributed by atoms with Gasteiger partial charge in [-0.2, -0.15) is 0 Å². The van der Waals surface area contributed by atoms with Crippen molar-refractivity contribution in [1.82, 2.24) is 0 Å². The topological polar surface area (TPSA) is 46.2 Å². The molecule has 0 spiro atoms. The van der Waals surface area contributed by atoms with Crippen molar-refractivity contribution in [2.24, 2.45) is 11.7 Å². The second-order valence-electron chi connectivity index (χ2n) is 3.02. The Balaban J connectivity index is 2.30. The van der Waals surface area contributed by atoms with E-state index in [4.69, 9.17) is 5.73 Å². The summed E-state index contributed by atoms with van der Waals surface area (Å²) < 4.78 is 0. The molecule has 2 rings (SSSR count). The van der Waals surface area contributed by atoms with Crippen molar-refractivity contribution in [3.63, 3.8) is 0 Å². The second-order valence-corrected chi connectivity index (χ2v) is 3.02. The first-order valence-electron chi connectivity index (χ1n) is 3.57. The van der Waals surface area contributed by atoms with E-state index in [1.54, 1.807) is 0 Å². The van der Waals surface area contributed by atoms with Crippen molar-refractivity contribution in [2.75, 3.05) is 6.54 Å². The smallest absolute Gasteiger partial charge is 0.0942 e. The van der Waals surface area contributed by atoms with Crippen LogP contribution in [0.2, 0.25) is 0 Å². The van der Waals surface area contributed by atoms with E-state index >= 15 is 0 Å². The Morgan fingerprint density at radius 2 is 2.60 bits per heavy atom. The van der Waals surface area contributed by atoms with Crippen LogP contribution in [0.4, 0.5) is 0 Å². The highest BCUT2D eigenvalue weighted by molar-refractivity contribution is 5.39. The summed E-state index contributed by atoms with van der Waals surface area (Å²) in [7, 11) is 0. The van der Waals surface area contributed by atoms with Gasteiger partial charge in [-0.25, -0.2) is 0 Å². The molecule has 0 aromatic rings. The average molecular weight is 137 g/mol. The number of rotatable bonds is 1.